The lowest BCUT2D eigenvalue weighted by Crippen LogP contribution is -2.33. The van der Waals surface area contributed by atoms with Gasteiger partial charge >= 0.3 is 0 Å². The number of amides is 1. The molecular weight excluding hydrogens is 406 g/mol. The minimum absolute atomic E-state index is 0.0195. The minimum atomic E-state index is -0.746. The SMILES string of the molecule is CCOc1cccc(C2C(C(=O)c3ccc(C)o3)=C(O)C(=O)N2CCc2ccccc2)c1. The molecule has 0 spiro atoms. The van der Waals surface area contributed by atoms with Crippen LogP contribution in [0.3, 0.4) is 0 Å². The van der Waals surface area contributed by atoms with Crippen molar-refractivity contribution in [3.63, 3.8) is 0 Å². The van der Waals surface area contributed by atoms with Gasteiger partial charge in [0.15, 0.2) is 11.5 Å². The summed E-state index contributed by atoms with van der Waals surface area (Å²) < 4.78 is 11.1. The van der Waals surface area contributed by atoms with Crippen LogP contribution in [0.15, 0.2) is 82.5 Å². The molecule has 1 aliphatic heterocycles. The Labute approximate surface area is 186 Å². The van der Waals surface area contributed by atoms with Crippen LogP contribution in [0, 0.1) is 6.92 Å². The number of furan rings is 1. The molecule has 0 aliphatic carbocycles. The zero-order chi connectivity index (χ0) is 22.7. The number of benzene rings is 2. The molecule has 2 heterocycles. The second-order valence-corrected chi connectivity index (χ2v) is 7.64. The average Bonchev–Trinajstić information content (AvgIpc) is 3.34. The third kappa shape index (κ3) is 4.17. The Bertz CT molecular complexity index is 1160. The fourth-order valence-corrected chi connectivity index (χ4v) is 3.99. The van der Waals surface area contributed by atoms with Crippen LogP contribution in [-0.2, 0) is 11.2 Å². The van der Waals surface area contributed by atoms with E-state index in [1.165, 1.54) is 4.90 Å². The van der Waals surface area contributed by atoms with E-state index >= 15 is 0 Å². The Morgan fingerprint density at radius 2 is 1.88 bits per heavy atom. The van der Waals surface area contributed by atoms with E-state index in [1.807, 2.05) is 55.5 Å². The quantitative estimate of drug-likeness (QED) is 0.518. The second kappa shape index (κ2) is 9.14. The van der Waals surface area contributed by atoms with E-state index in [0.717, 1.165) is 5.56 Å². The van der Waals surface area contributed by atoms with Crippen molar-refractivity contribution in [1.82, 2.24) is 4.90 Å². The summed E-state index contributed by atoms with van der Waals surface area (Å²) in [5.41, 5.74) is 1.77. The highest BCUT2D eigenvalue weighted by Crippen LogP contribution is 2.40. The van der Waals surface area contributed by atoms with E-state index in [9.17, 15) is 14.7 Å². The Hall–Kier alpha value is -3.80. The van der Waals surface area contributed by atoms with Crippen molar-refractivity contribution in [2.45, 2.75) is 26.3 Å². The van der Waals surface area contributed by atoms with Crippen LogP contribution in [0.2, 0.25) is 0 Å². The highest BCUT2D eigenvalue weighted by molar-refractivity contribution is 6.15. The van der Waals surface area contributed by atoms with Gasteiger partial charge in [0.1, 0.15) is 11.5 Å². The summed E-state index contributed by atoms with van der Waals surface area (Å²) in [5.74, 6) is -0.310. The lowest BCUT2D eigenvalue weighted by molar-refractivity contribution is -0.129. The molecule has 1 N–H and O–H groups in total. The first-order chi connectivity index (χ1) is 15.5. The predicted molar refractivity (Wildman–Crippen MR) is 120 cm³/mol. The van der Waals surface area contributed by atoms with Gasteiger partial charge in [0, 0.05) is 6.54 Å². The van der Waals surface area contributed by atoms with Crippen LogP contribution in [0.1, 0.15) is 40.4 Å². The smallest absolute Gasteiger partial charge is 0.290 e. The third-order valence-corrected chi connectivity index (χ3v) is 5.48. The number of hydrogen-bond donors (Lipinski definition) is 1. The summed E-state index contributed by atoms with van der Waals surface area (Å²) in [4.78, 5) is 27.9. The zero-order valence-corrected chi connectivity index (χ0v) is 18.1. The zero-order valence-electron chi connectivity index (χ0n) is 18.1. The van der Waals surface area contributed by atoms with E-state index in [-0.39, 0.29) is 11.3 Å². The van der Waals surface area contributed by atoms with Crippen LogP contribution in [-0.4, -0.2) is 34.8 Å². The van der Waals surface area contributed by atoms with Gasteiger partial charge in [0.2, 0.25) is 5.78 Å². The summed E-state index contributed by atoms with van der Waals surface area (Å²) >= 11 is 0. The second-order valence-electron chi connectivity index (χ2n) is 7.64. The fraction of sp³-hybridized carbons (Fsp3) is 0.231. The summed E-state index contributed by atoms with van der Waals surface area (Å²) in [6, 6.07) is 19.5. The maximum Gasteiger partial charge on any atom is 0.290 e. The van der Waals surface area contributed by atoms with Crippen LogP contribution >= 0.6 is 0 Å². The molecule has 32 heavy (non-hydrogen) atoms. The first kappa shape index (κ1) is 21.4. The monoisotopic (exact) mass is 431 g/mol. The maximum atomic E-state index is 13.3. The van der Waals surface area contributed by atoms with E-state index in [0.29, 0.717) is 36.6 Å². The molecule has 1 atom stereocenters. The molecule has 6 heteroatoms. The van der Waals surface area contributed by atoms with Gasteiger partial charge in [-0.2, -0.15) is 0 Å². The predicted octanol–water partition coefficient (Wildman–Crippen LogP) is 4.81. The Morgan fingerprint density at radius 1 is 1.09 bits per heavy atom. The van der Waals surface area contributed by atoms with E-state index in [4.69, 9.17) is 9.15 Å². The van der Waals surface area contributed by atoms with Gasteiger partial charge in [-0.1, -0.05) is 42.5 Å². The molecule has 1 aliphatic rings. The molecule has 4 rings (SSSR count). The molecule has 2 aromatic carbocycles. The Balaban J connectivity index is 1.73. The van der Waals surface area contributed by atoms with Gasteiger partial charge in [-0.3, -0.25) is 9.59 Å². The Morgan fingerprint density at radius 3 is 2.56 bits per heavy atom. The number of aliphatic hydroxyl groups is 1. The molecule has 1 aromatic heterocycles. The van der Waals surface area contributed by atoms with Crippen LogP contribution < -0.4 is 4.74 Å². The van der Waals surface area contributed by atoms with Crippen LogP contribution in [0.25, 0.3) is 0 Å². The van der Waals surface area contributed by atoms with E-state index in [1.54, 1.807) is 25.1 Å². The minimum Gasteiger partial charge on any atom is -0.503 e. The van der Waals surface area contributed by atoms with Gasteiger partial charge in [0.05, 0.1) is 18.2 Å². The molecular formula is C26H25NO5. The molecule has 164 valence electrons. The standard InChI is InChI=1S/C26H25NO5/c1-3-31-20-11-7-10-19(16-20)23-22(24(28)21-13-12-17(2)32-21)25(29)26(30)27(23)15-14-18-8-5-4-6-9-18/h4-13,16,23,29H,3,14-15H2,1-2H3. The van der Waals surface area contributed by atoms with Gasteiger partial charge in [0.25, 0.3) is 5.91 Å². The molecule has 6 nitrogen and oxygen atoms in total. The lowest BCUT2D eigenvalue weighted by atomic mass is 9.94. The molecule has 0 fully saturated rings. The number of ketones is 1. The van der Waals surface area contributed by atoms with Crippen molar-refractivity contribution in [1.29, 1.82) is 0 Å². The van der Waals surface area contributed by atoms with Gasteiger partial charge < -0.3 is 19.2 Å². The topological polar surface area (TPSA) is 80.0 Å². The molecule has 3 aromatic rings. The summed E-state index contributed by atoms with van der Waals surface area (Å²) in [6.45, 7) is 4.45. The number of hydrogen-bond acceptors (Lipinski definition) is 5. The molecule has 0 saturated heterocycles. The normalized spacial score (nSPS) is 16.0. The number of aryl methyl sites for hydroxylation is 1. The number of carbonyl (C=O) groups excluding carboxylic acids is 2. The highest BCUT2D eigenvalue weighted by atomic mass is 16.5. The van der Waals surface area contributed by atoms with E-state index < -0.39 is 23.5 Å². The van der Waals surface area contributed by atoms with Gasteiger partial charge in [-0.25, -0.2) is 0 Å². The Kier molecular flexibility index (Phi) is 6.12. The van der Waals surface area contributed by atoms with Crippen molar-refractivity contribution < 1.29 is 23.8 Å². The molecule has 0 saturated carbocycles. The van der Waals surface area contributed by atoms with Crippen molar-refractivity contribution in [3.05, 3.63) is 101 Å². The number of ether oxygens (including phenoxy) is 1. The van der Waals surface area contributed by atoms with Crippen LogP contribution in [0.5, 0.6) is 5.75 Å². The lowest BCUT2D eigenvalue weighted by Gasteiger charge is -2.27. The number of aliphatic hydroxyl groups excluding tert-OH is 1. The number of nitrogens with zero attached hydrogens (tertiary/aromatic N) is 1. The maximum absolute atomic E-state index is 13.3. The van der Waals surface area contributed by atoms with Crippen molar-refractivity contribution >= 4 is 11.7 Å². The molecule has 0 bridgehead atoms. The summed E-state index contributed by atoms with van der Waals surface area (Å²) in [7, 11) is 0. The fourth-order valence-electron chi connectivity index (χ4n) is 3.99. The first-order valence-electron chi connectivity index (χ1n) is 10.6. The van der Waals surface area contributed by atoms with Crippen molar-refractivity contribution in [2.75, 3.05) is 13.2 Å². The molecule has 1 amide bonds. The van der Waals surface area contributed by atoms with Crippen molar-refractivity contribution in [2.24, 2.45) is 0 Å². The van der Waals surface area contributed by atoms with Crippen molar-refractivity contribution in [3.8, 4) is 5.75 Å². The first-order valence-corrected chi connectivity index (χ1v) is 10.6. The third-order valence-electron chi connectivity index (χ3n) is 5.48. The number of carbonyl (C=O) groups is 2. The number of Topliss-reactive ketones (excluding diaryl/α,β-unsaturated/α-hetero) is 1. The largest absolute Gasteiger partial charge is 0.503 e. The van der Waals surface area contributed by atoms with Crippen LogP contribution in [0.4, 0.5) is 0 Å². The molecule has 0 radical (unpaired) electrons. The summed E-state index contributed by atoms with van der Waals surface area (Å²) in [5, 5.41) is 10.8. The van der Waals surface area contributed by atoms with E-state index in [2.05, 4.69) is 0 Å². The van der Waals surface area contributed by atoms with Gasteiger partial charge in [-0.05, 0) is 55.7 Å². The number of rotatable bonds is 8. The molecule has 1 unspecified atom stereocenters. The van der Waals surface area contributed by atoms with Gasteiger partial charge in [-0.15, -0.1) is 0 Å². The highest BCUT2D eigenvalue weighted by Gasteiger charge is 2.44. The average molecular weight is 431 g/mol. The summed E-state index contributed by atoms with van der Waals surface area (Å²) in [6.07, 6.45) is 0.586.